The summed E-state index contributed by atoms with van der Waals surface area (Å²) < 4.78 is 3.04. The molecule has 1 aliphatic carbocycles. The van der Waals surface area contributed by atoms with Gasteiger partial charge in [0.25, 0.3) is 0 Å². The van der Waals surface area contributed by atoms with Crippen LogP contribution in [0.25, 0.3) is 11.0 Å². The summed E-state index contributed by atoms with van der Waals surface area (Å²) in [5, 5.41) is 8.98. The minimum Gasteiger partial charge on any atom is -0.480 e. The van der Waals surface area contributed by atoms with Crippen molar-refractivity contribution in [3.8, 4) is 0 Å². The Kier molecular flexibility index (Phi) is 3.94. The summed E-state index contributed by atoms with van der Waals surface area (Å²) in [6, 6.07) is 7.31. The highest BCUT2D eigenvalue weighted by Gasteiger charge is 2.34. The third kappa shape index (κ3) is 2.86. The molecule has 0 radical (unpaired) electrons. The van der Waals surface area contributed by atoms with Crippen molar-refractivity contribution < 1.29 is 14.7 Å². The third-order valence-electron chi connectivity index (χ3n) is 4.15. The van der Waals surface area contributed by atoms with Crippen LogP contribution in [-0.2, 0) is 22.7 Å². The summed E-state index contributed by atoms with van der Waals surface area (Å²) >= 11 is 0. The van der Waals surface area contributed by atoms with Crippen molar-refractivity contribution in [3.63, 3.8) is 0 Å². The van der Waals surface area contributed by atoms with Crippen LogP contribution in [0.15, 0.2) is 29.1 Å². The number of benzene rings is 1. The maximum absolute atomic E-state index is 12.5. The number of rotatable bonds is 6. The number of carboxylic acid groups (broad SMARTS) is 1. The second kappa shape index (κ2) is 5.91. The van der Waals surface area contributed by atoms with E-state index in [-0.39, 0.29) is 30.7 Å². The molecule has 122 valence electrons. The second-order valence-corrected chi connectivity index (χ2v) is 5.75. The zero-order valence-electron chi connectivity index (χ0n) is 12.9. The molecule has 0 unspecified atom stereocenters. The van der Waals surface area contributed by atoms with Crippen LogP contribution < -0.4 is 5.69 Å². The van der Waals surface area contributed by atoms with Gasteiger partial charge in [0.1, 0.15) is 13.1 Å². The number of aromatic nitrogens is 2. The van der Waals surface area contributed by atoms with Gasteiger partial charge < -0.3 is 10.0 Å². The maximum Gasteiger partial charge on any atom is 0.329 e. The summed E-state index contributed by atoms with van der Waals surface area (Å²) in [6.45, 7) is 1.95. The Bertz CT molecular complexity index is 816. The number of fused-ring (bicyclic) bond motifs is 1. The first-order valence-corrected chi connectivity index (χ1v) is 7.72. The van der Waals surface area contributed by atoms with Crippen molar-refractivity contribution in [2.75, 3.05) is 6.54 Å². The number of hydrogen-bond acceptors (Lipinski definition) is 3. The Balaban J connectivity index is 1.94. The summed E-state index contributed by atoms with van der Waals surface area (Å²) in [6.07, 6.45) is 1.65. The van der Waals surface area contributed by atoms with Gasteiger partial charge in [0.15, 0.2) is 0 Å². The van der Waals surface area contributed by atoms with Gasteiger partial charge >= 0.3 is 11.7 Å². The van der Waals surface area contributed by atoms with Crippen LogP contribution in [0.4, 0.5) is 0 Å². The predicted octanol–water partition coefficient (Wildman–Crippen LogP) is 0.898. The number of aliphatic carboxylic acids is 1. The van der Waals surface area contributed by atoms with Crippen LogP contribution in [0.1, 0.15) is 19.8 Å². The molecule has 23 heavy (non-hydrogen) atoms. The van der Waals surface area contributed by atoms with Gasteiger partial charge in [-0.25, -0.2) is 4.79 Å². The first-order valence-electron chi connectivity index (χ1n) is 7.72. The molecule has 0 spiro atoms. The highest BCUT2D eigenvalue weighted by Crippen LogP contribution is 2.27. The fourth-order valence-corrected chi connectivity index (χ4v) is 2.91. The average Bonchev–Trinajstić information content (AvgIpc) is 3.32. The van der Waals surface area contributed by atoms with Crippen molar-refractivity contribution in [2.24, 2.45) is 0 Å². The molecule has 1 N–H and O–H groups in total. The van der Waals surface area contributed by atoms with Crippen molar-refractivity contribution in [3.05, 3.63) is 34.7 Å². The van der Waals surface area contributed by atoms with Gasteiger partial charge in [0.2, 0.25) is 5.91 Å². The molecule has 0 bridgehead atoms. The van der Waals surface area contributed by atoms with E-state index in [0.29, 0.717) is 12.1 Å². The largest absolute Gasteiger partial charge is 0.480 e. The van der Waals surface area contributed by atoms with E-state index in [1.54, 1.807) is 10.6 Å². The number of carbonyl (C=O) groups excluding carboxylic acids is 1. The Morgan fingerprint density at radius 2 is 1.83 bits per heavy atom. The molecule has 1 saturated carbocycles. The number of carbonyl (C=O) groups is 2. The Morgan fingerprint density at radius 1 is 1.22 bits per heavy atom. The van der Waals surface area contributed by atoms with Crippen LogP contribution in [-0.4, -0.2) is 43.6 Å². The summed E-state index contributed by atoms with van der Waals surface area (Å²) in [7, 11) is 0. The van der Waals surface area contributed by atoms with Crippen LogP contribution in [0, 0.1) is 0 Å². The lowest BCUT2D eigenvalue weighted by Crippen LogP contribution is -2.41. The monoisotopic (exact) mass is 317 g/mol. The first kappa shape index (κ1) is 15.3. The number of imidazole rings is 1. The van der Waals surface area contributed by atoms with E-state index in [1.807, 2.05) is 25.1 Å². The molecule has 2 aromatic rings. The Hall–Kier alpha value is -2.57. The van der Waals surface area contributed by atoms with Gasteiger partial charge in [0, 0.05) is 12.6 Å². The van der Waals surface area contributed by atoms with E-state index >= 15 is 0 Å². The van der Waals surface area contributed by atoms with Gasteiger partial charge in [-0.05, 0) is 31.9 Å². The van der Waals surface area contributed by atoms with E-state index in [4.69, 9.17) is 5.11 Å². The van der Waals surface area contributed by atoms with E-state index in [1.165, 1.54) is 9.47 Å². The third-order valence-corrected chi connectivity index (χ3v) is 4.15. The zero-order valence-corrected chi connectivity index (χ0v) is 12.9. The molecule has 1 heterocycles. The topological polar surface area (TPSA) is 84.5 Å². The minimum absolute atomic E-state index is 0.00572. The lowest BCUT2D eigenvalue weighted by atomic mass is 10.3. The summed E-state index contributed by atoms with van der Waals surface area (Å²) in [5.74, 6) is -1.36. The summed E-state index contributed by atoms with van der Waals surface area (Å²) in [5.41, 5.74) is 1.23. The number of nitrogens with zero attached hydrogens (tertiary/aromatic N) is 3. The number of carboxylic acids is 1. The molecule has 0 atom stereocenters. The van der Waals surface area contributed by atoms with Crippen LogP contribution in [0.3, 0.4) is 0 Å². The van der Waals surface area contributed by atoms with Crippen LogP contribution >= 0.6 is 0 Å². The van der Waals surface area contributed by atoms with Crippen molar-refractivity contribution in [1.82, 2.24) is 14.0 Å². The summed E-state index contributed by atoms with van der Waals surface area (Å²) in [4.78, 5) is 37.4. The van der Waals surface area contributed by atoms with Crippen LogP contribution in [0.5, 0.6) is 0 Å². The Morgan fingerprint density at radius 3 is 2.35 bits per heavy atom. The van der Waals surface area contributed by atoms with E-state index in [0.717, 1.165) is 18.4 Å². The first-order chi connectivity index (χ1) is 11.0. The average molecular weight is 317 g/mol. The molecule has 1 amide bonds. The maximum atomic E-state index is 12.5. The number of hydrogen-bond donors (Lipinski definition) is 1. The molecule has 1 aromatic carbocycles. The Labute approximate surface area is 132 Å². The van der Waals surface area contributed by atoms with Crippen molar-refractivity contribution in [2.45, 2.75) is 38.9 Å². The molecular formula is C16H19N3O4. The lowest BCUT2D eigenvalue weighted by Gasteiger charge is -2.20. The highest BCUT2D eigenvalue weighted by molar-refractivity contribution is 5.84. The smallest absolute Gasteiger partial charge is 0.329 e. The fraction of sp³-hybridized carbons (Fsp3) is 0.438. The quantitative estimate of drug-likeness (QED) is 0.858. The molecule has 0 aliphatic heterocycles. The molecule has 7 nitrogen and oxygen atoms in total. The van der Waals surface area contributed by atoms with E-state index < -0.39 is 5.97 Å². The van der Waals surface area contributed by atoms with Gasteiger partial charge in [0.05, 0.1) is 11.0 Å². The van der Waals surface area contributed by atoms with E-state index in [9.17, 15) is 14.4 Å². The molecule has 1 aromatic heterocycles. The molecule has 0 saturated heterocycles. The van der Waals surface area contributed by atoms with Gasteiger partial charge in [-0.3, -0.25) is 18.7 Å². The fourth-order valence-electron chi connectivity index (χ4n) is 2.91. The van der Waals surface area contributed by atoms with Gasteiger partial charge in [-0.1, -0.05) is 12.1 Å². The molecule has 1 aliphatic rings. The number of aryl methyl sites for hydroxylation is 1. The lowest BCUT2D eigenvalue weighted by molar-refractivity contribution is -0.145. The number of para-hydroxylation sites is 2. The molecule has 3 rings (SSSR count). The molecular weight excluding hydrogens is 298 g/mol. The zero-order chi connectivity index (χ0) is 16.6. The van der Waals surface area contributed by atoms with Crippen molar-refractivity contribution in [1.29, 1.82) is 0 Å². The molecule has 1 fully saturated rings. The highest BCUT2D eigenvalue weighted by atomic mass is 16.4. The normalized spacial score (nSPS) is 14.1. The van der Waals surface area contributed by atoms with Crippen molar-refractivity contribution >= 4 is 22.9 Å². The molecule has 7 heteroatoms. The van der Waals surface area contributed by atoms with E-state index in [2.05, 4.69) is 0 Å². The standard InChI is InChI=1S/C16H19N3O4/c1-2-17-12-5-3-4-6-13(12)19(16(17)23)9-14(20)18(10-15(21)22)11-7-8-11/h3-6,11H,2,7-10H2,1H3,(H,21,22). The van der Waals surface area contributed by atoms with Gasteiger partial charge in [-0.15, -0.1) is 0 Å². The predicted molar refractivity (Wildman–Crippen MR) is 84.2 cm³/mol. The van der Waals surface area contributed by atoms with Gasteiger partial charge in [-0.2, -0.15) is 0 Å². The number of amides is 1. The minimum atomic E-state index is -1.03. The van der Waals surface area contributed by atoms with Crippen LogP contribution in [0.2, 0.25) is 0 Å². The second-order valence-electron chi connectivity index (χ2n) is 5.75. The SMILES string of the molecule is CCn1c(=O)n(CC(=O)N(CC(=O)O)C2CC2)c2ccccc21.